The van der Waals surface area contributed by atoms with Gasteiger partial charge in [0.05, 0.1) is 0 Å². The summed E-state index contributed by atoms with van der Waals surface area (Å²) in [5.74, 6) is 3.06. The van der Waals surface area contributed by atoms with Crippen molar-refractivity contribution in [3.05, 3.63) is 0 Å². The second-order valence-corrected chi connectivity index (χ2v) is 6.62. The summed E-state index contributed by atoms with van der Waals surface area (Å²) in [5.41, 5.74) is 6.62. The van der Waals surface area contributed by atoms with Crippen LogP contribution in [0.25, 0.3) is 0 Å². The summed E-state index contributed by atoms with van der Waals surface area (Å²) in [4.78, 5) is 0. The highest BCUT2D eigenvalue weighted by Gasteiger charge is 2.48. The lowest BCUT2D eigenvalue weighted by Crippen LogP contribution is -2.55. The van der Waals surface area contributed by atoms with Crippen LogP contribution in [-0.2, 0) is 10.4 Å². The van der Waals surface area contributed by atoms with E-state index in [1.807, 2.05) is 0 Å². The summed E-state index contributed by atoms with van der Waals surface area (Å²) in [5, 5.41) is 0. The molecule has 4 fully saturated rings. The van der Waals surface area contributed by atoms with Crippen LogP contribution in [0.2, 0.25) is 0 Å². The van der Waals surface area contributed by atoms with E-state index in [-0.39, 0.29) is 0 Å². The number of hydrogen-bond acceptors (Lipinski definition) is 3. The van der Waals surface area contributed by atoms with Crippen LogP contribution in [0.15, 0.2) is 0 Å². The summed E-state index contributed by atoms with van der Waals surface area (Å²) >= 11 is 0. The van der Waals surface area contributed by atoms with Crippen molar-refractivity contribution in [3.8, 4) is 0 Å². The molecule has 4 N–H and O–H groups in total. The van der Waals surface area contributed by atoms with Crippen LogP contribution in [-0.4, -0.2) is 23.1 Å². The first-order valence-corrected chi connectivity index (χ1v) is 7.12. The maximum Gasteiger partial charge on any atom is 0.394 e. The lowest BCUT2D eigenvalue weighted by Gasteiger charge is -2.55. The van der Waals surface area contributed by atoms with E-state index in [0.717, 1.165) is 17.8 Å². The summed E-state index contributed by atoms with van der Waals surface area (Å²) in [6.45, 7) is 0. The molecule has 16 heavy (non-hydrogen) atoms. The first kappa shape index (κ1) is 12.3. The maximum atomic E-state index is 8.74. The molecule has 4 bridgehead atoms. The van der Waals surface area contributed by atoms with Gasteiger partial charge in [0.1, 0.15) is 0 Å². The molecule has 0 heterocycles. The Bertz CT molecular complexity index is 322. The van der Waals surface area contributed by atoms with Crippen molar-refractivity contribution in [2.24, 2.45) is 23.5 Å². The van der Waals surface area contributed by atoms with Gasteiger partial charge in [-0.15, -0.1) is 0 Å². The largest absolute Gasteiger partial charge is 0.394 e. The van der Waals surface area contributed by atoms with Crippen LogP contribution in [0.5, 0.6) is 0 Å². The van der Waals surface area contributed by atoms with Gasteiger partial charge in [-0.05, 0) is 56.3 Å². The molecule has 4 aliphatic carbocycles. The molecule has 0 saturated heterocycles. The Morgan fingerprint density at radius 2 is 1.19 bits per heavy atom. The third kappa shape index (κ3) is 3.16. The number of nitrogens with two attached hydrogens (primary N) is 1. The zero-order valence-electron chi connectivity index (χ0n) is 9.17. The van der Waals surface area contributed by atoms with Gasteiger partial charge >= 0.3 is 10.4 Å². The summed E-state index contributed by atoms with van der Waals surface area (Å²) in [6, 6.07) is 0. The fourth-order valence-corrected chi connectivity index (χ4v) is 4.18. The van der Waals surface area contributed by atoms with Crippen molar-refractivity contribution in [2.45, 2.75) is 44.1 Å². The Labute approximate surface area is 96.0 Å². The Kier molecular flexibility index (Phi) is 3.03. The molecule has 0 spiro atoms. The molecule has 0 aliphatic heterocycles. The smallest absolute Gasteiger partial charge is 0.325 e. The van der Waals surface area contributed by atoms with Gasteiger partial charge in [0.15, 0.2) is 0 Å². The first-order valence-electron chi connectivity index (χ1n) is 5.72. The van der Waals surface area contributed by atoms with E-state index in [1.165, 1.54) is 38.5 Å². The molecular weight excluding hydrogens is 230 g/mol. The summed E-state index contributed by atoms with van der Waals surface area (Å²) in [7, 11) is -4.67. The van der Waals surface area contributed by atoms with E-state index in [1.54, 1.807) is 0 Å². The van der Waals surface area contributed by atoms with Crippen molar-refractivity contribution in [2.75, 3.05) is 0 Å². The molecule has 0 unspecified atom stereocenters. The molecule has 5 nitrogen and oxygen atoms in total. The molecule has 0 aromatic heterocycles. The van der Waals surface area contributed by atoms with Crippen molar-refractivity contribution in [3.63, 3.8) is 0 Å². The van der Waals surface area contributed by atoms with Crippen molar-refractivity contribution >= 4 is 10.4 Å². The summed E-state index contributed by atoms with van der Waals surface area (Å²) in [6.07, 6.45) is 8.57. The van der Waals surface area contributed by atoms with Gasteiger partial charge in [0, 0.05) is 5.54 Å². The molecule has 0 atom stereocenters. The second-order valence-electron chi connectivity index (χ2n) is 5.73. The maximum absolute atomic E-state index is 8.74. The Morgan fingerprint density at radius 3 is 1.38 bits per heavy atom. The second kappa shape index (κ2) is 3.94. The lowest BCUT2D eigenvalue weighted by atomic mass is 9.53. The SMILES string of the molecule is NC12CC3CC(CC(C3)C1)C2.O=S(=O)(O)O. The molecule has 0 radical (unpaired) electrons. The van der Waals surface area contributed by atoms with Crippen LogP contribution in [0.1, 0.15) is 38.5 Å². The fraction of sp³-hybridized carbons (Fsp3) is 1.00. The van der Waals surface area contributed by atoms with Gasteiger partial charge in [0.25, 0.3) is 0 Å². The van der Waals surface area contributed by atoms with Gasteiger partial charge in [-0.1, -0.05) is 0 Å². The van der Waals surface area contributed by atoms with E-state index in [2.05, 4.69) is 0 Å². The predicted octanol–water partition coefficient (Wildman–Crippen LogP) is 1.26. The zero-order valence-corrected chi connectivity index (χ0v) is 9.99. The van der Waals surface area contributed by atoms with Crippen molar-refractivity contribution < 1.29 is 17.5 Å². The van der Waals surface area contributed by atoms with Crippen LogP contribution < -0.4 is 5.73 Å². The van der Waals surface area contributed by atoms with Gasteiger partial charge in [-0.25, -0.2) is 0 Å². The topological polar surface area (TPSA) is 101 Å². The first-order chi connectivity index (χ1) is 7.23. The van der Waals surface area contributed by atoms with E-state index >= 15 is 0 Å². The minimum Gasteiger partial charge on any atom is -0.325 e. The highest BCUT2D eigenvalue weighted by atomic mass is 32.3. The molecule has 94 valence electrons. The van der Waals surface area contributed by atoms with Gasteiger partial charge in [-0.2, -0.15) is 8.42 Å². The highest BCUT2D eigenvalue weighted by molar-refractivity contribution is 7.79. The third-order valence-corrected chi connectivity index (χ3v) is 4.09. The van der Waals surface area contributed by atoms with E-state index in [0.29, 0.717) is 5.54 Å². The average molecular weight is 249 g/mol. The van der Waals surface area contributed by atoms with E-state index in [9.17, 15) is 0 Å². The molecule has 6 heteroatoms. The van der Waals surface area contributed by atoms with Gasteiger partial charge in [-0.3, -0.25) is 9.11 Å². The molecule has 4 aliphatic rings. The normalized spacial score (nSPS) is 45.1. The molecule has 4 saturated carbocycles. The monoisotopic (exact) mass is 249 g/mol. The van der Waals surface area contributed by atoms with Crippen molar-refractivity contribution in [1.82, 2.24) is 0 Å². The summed E-state index contributed by atoms with van der Waals surface area (Å²) < 4.78 is 31.6. The Balaban J connectivity index is 0.000000168. The molecule has 4 rings (SSSR count). The van der Waals surface area contributed by atoms with Gasteiger partial charge < -0.3 is 5.73 Å². The van der Waals surface area contributed by atoms with Crippen LogP contribution in [0.4, 0.5) is 0 Å². The van der Waals surface area contributed by atoms with Crippen LogP contribution in [0.3, 0.4) is 0 Å². The third-order valence-electron chi connectivity index (χ3n) is 4.09. The van der Waals surface area contributed by atoms with E-state index in [4.69, 9.17) is 23.3 Å². The minimum atomic E-state index is -4.67. The number of rotatable bonds is 0. The Morgan fingerprint density at radius 1 is 0.938 bits per heavy atom. The van der Waals surface area contributed by atoms with Gasteiger partial charge in [0.2, 0.25) is 0 Å². The molecule has 0 aromatic carbocycles. The van der Waals surface area contributed by atoms with E-state index < -0.39 is 10.4 Å². The standard InChI is InChI=1S/C10H17N.H2O4S/c11-10-4-7-1-8(5-10)3-9(2-7)6-10;1-5(2,3)4/h7-9H,1-6,11H2;(H2,1,2,3,4). The average Bonchev–Trinajstić information content (AvgIpc) is 1.93. The zero-order chi connectivity index (χ0) is 12.0. The predicted molar refractivity (Wildman–Crippen MR) is 59.3 cm³/mol. The quantitative estimate of drug-likeness (QED) is 0.561. The molecular formula is C10H19NO4S. The Hall–Kier alpha value is -0.170. The molecule has 0 aromatic rings. The fourth-order valence-electron chi connectivity index (χ4n) is 4.18. The minimum absolute atomic E-state index is 0.300. The van der Waals surface area contributed by atoms with Crippen molar-refractivity contribution in [1.29, 1.82) is 0 Å². The lowest BCUT2D eigenvalue weighted by molar-refractivity contribution is 0.000364. The number of hydrogen-bond donors (Lipinski definition) is 3. The van der Waals surface area contributed by atoms with Crippen LogP contribution in [0, 0.1) is 17.8 Å². The van der Waals surface area contributed by atoms with Crippen LogP contribution >= 0.6 is 0 Å². The molecule has 0 amide bonds. The highest BCUT2D eigenvalue weighted by Crippen LogP contribution is 2.54.